The summed E-state index contributed by atoms with van der Waals surface area (Å²) in [5.74, 6) is 1.82. The van der Waals surface area contributed by atoms with Gasteiger partial charge >= 0.3 is 0 Å². The quantitative estimate of drug-likeness (QED) is 0.775. The number of benzene rings is 1. The molecule has 0 bridgehead atoms. The Morgan fingerprint density at radius 1 is 1.42 bits per heavy atom. The van der Waals surface area contributed by atoms with Crippen LogP contribution in [0.25, 0.3) is 0 Å². The lowest BCUT2D eigenvalue weighted by Crippen LogP contribution is -2.06. The van der Waals surface area contributed by atoms with Crippen LogP contribution in [0.2, 0.25) is 0 Å². The van der Waals surface area contributed by atoms with E-state index < -0.39 is 0 Å². The number of ether oxygens (including phenoxy) is 1. The number of aromatic nitrogens is 2. The van der Waals surface area contributed by atoms with Gasteiger partial charge in [0.05, 0.1) is 13.2 Å². The van der Waals surface area contributed by atoms with Gasteiger partial charge in [-0.05, 0) is 39.0 Å². The maximum atomic E-state index is 11.5. The summed E-state index contributed by atoms with van der Waals surface area (Å²) in [5.41, 5.74) is 1.70. The molecule has 1 aromatic carbocycles. The molecule has 100 valence electrons. The zero-order chi connectivity index (χ0) is 13.8. The molecule has 2 aromatic rings. The third kappa shape index (κ3) is 3.02. The summed E-state index contributed by atoms with van der Waals surface area (Å²) in [7, 11) is 0. The van der Waals surface area contributed by atoms with E-state index in [0.29, 0.717) is 18.7 Å². The number of aryl methyl sites for hydroxylation is 1. The van der Waals surface area contributed by atoms with Gasteiger partial charge in [-0.25, -0.2) is 4.98 Å². The molecular formula is C15H18N2O2. The Morgan fingerprint density at radius 2 is 2.21 bits per heavy atom. The van der Waals surface area contributed by atoms with Gasteiger partial charge in [0.2, 0.25) is 0 Å². The molecule has 0 unspecified atom stereocenters. The van der Waals surface area contributed by atoms with Crippen molar-refractivity contribution in [2.45, 2.75) is 27.3 Å². The minimum Gasteiger partial charge on any atom is -0.494 e. The highest BCUT2D eigenvalue weighted by Crippen LogP contribution is 2.22. The van der Waals surface area contributed by atoms with Crippen LogP contribution in [0.3, 0.4) is 0 Å². The summed E-state index contributed by atoms with van der Waals surface area (Å²) in [6.07, 6.45) is 3.69. The van der Waals surface area contributed by atoms with Gasteiger partial charge in [0, 0.05) is 23.5 Å². The van der Waals surface area contributed by atoms with Gasteiger partial charge in [0.25, 0.3) is 0 Å². The van der Waals surface area contributed by atoms with E-state index >= 15 is 0 Å². The highest BCUT2D eigenvalue weighted by atomic mass is 16.5. The molecule has 2 rings (SSSR count). The molecule has 0 N–H and O–H groups in total. The number of ketones is 1. The average molecular weight is 258 g/mol. The largest absolute Gasteiger partial charge is 0.494 e. The third-order valence-electron chi connectivity index (χ3n) is 3.03. The molecule has 0 spiro atoms. The molecule has 4 heteroatoms. The summed E-state index contributed by atoms with van der Waals surface area (Å²) < 4.78 is 7.64. The fraction of sp³-hybridized carbons (Fsp3) is 0.333. The zero-order valence-electron chi connectivity index (χ0n) is 11.5. The molecule has 19 heavy (non-hydrogen) atoms. The van der Waals surface area contributed by atoms with E-state index in [9.17, 15) is 4.79 Å². The molecule has 0 saturated carbocycles. The fourth-order valence-corrected chi connectivity index (χ4v) is 1.97. The summed E-state index contributed by atoms with van der Waals surface area (Å²) in [6, 6.07) is 5.56. The van der Waals surface area contributed by atoms with Crippen molar-refractivity contribution in [1.29, 1.82) is 0 Å². The van der Waals surface area contributed by atoms with Crippen molar-refractivity contribution in [3.05, 3.63) is 47.5 Å². The van der Waals surface area contributed by atoms with Gasteiger partial charge in [0.15, 0.2) is 5.78 Å². The van der Waals surface area contributed by atoms with Gasteiger partial charge in [-0.2, -0.15) is 0 Å². The first-order valence-electron chi connectivity index (χ1n) is 6.36. The number of carbonyl (C=O) groups is 1. The van der Waals surface area contributed by atoms with Crippen LogP contribution in [0, 0.1) is 6.92 Å². The van der Waals surface area contributed by atoms with Crippen molar-refractivity contribution in [3.8, 4) is 5.75 Å². The number of imidazole rings is 1. The molecule has 1 heterocycles. The van der Waals surface area contributed by atoms with Crippen LogP contribution in [-0.2, 0) is 6.54 Å². The number of nitrogens with zero attached hydrogens (tertiary/aromatic N) is 2. The average Bonchev–Trinajstić information content (AvgIpc) is 2.77. The lowest BCUT2D eigenvalue weighted by atomic mass is 10.1. The summed E-state index contributed by atoms with van der Waals surface area (Å²) in [6.45, 7) is 6.74. The Morgan fingerprint density at radius 3 is 2.79 bits per heavy atom. The molecule has 0 aliphatic carbocycles. The Kier molecular flexibility index (Phi) is 4.00. The lowest BCUT2D eigenvalue weighted by Gasteiger charge is -2.13. The molecule has 0 saturated heterocycles. The second-order valence-corrected chi connectivity index (χ2v) is 4.41. The van der Waals surface area contributed by atoms with E-state index in [1.807, 2.05) is 36.7 Å². The van der Waals surface area contributed by atoms with Crippen LogP contribution in [0.15, 0.2) is 30.6 Å². The van der Waals surface area contributed by atoms with Gasteiger partial charge in [-0.3, -0.25) is 4.79 Å². The van der Waals surface area contributed by atoms with Crippen LogP contribution in [-0.4, -0.2) is 21.9 Å². The van der Waals surface area contributed by atoms with Gasteiger partial charge in [0.1, 0.15) is 11.6 Å². The van der Waals surface area contributed by atoms with Crippen LogP contribution in [0.1, 0.15) is 35.6 Å². The van der Waals surface area contributed by atoms with Crippen LogP contribution in [0.4, 0.5) is 0 Å². The summed E-state index contributed by atoms with van der Waals surface area (Å²) in [5, 5.41) is 0. The van der Waals surface area contributed by atoms with Gasteiger partial charge in [-0.1, -0.05) is 0 Å². The minimum absolute atomic E-state index is 0.0617. The van der Waals surface area contributed by atoms with E-state index in [-0.39, 0.29) is 5.78 Å². The first kappa shape index (κ1) is 13.3. The van der Waals surface area contributed by atoms with Gasteiger partial charge < -0.3 is 9.30 Å². The second kappa shape index (κ2) is 5.69. The molecule has 4 nitrogen and oxygen atoms in total. The molecular weight excluding hydrogens is 240 g/mol. The standard InChI is InChI=1S/C15H18N2O2/c1-4-19-15-6-5-13(11(2)18)9-14(15)10-17-8-7-16-12(17)3/h5-9H,4,10H2,1-3H3. The van der Waals surface area contributed by atoms with Crippen LogP contribution in [0.5, 0.6) is 5.75 Å². The molecule has 0 atom stereocenters. The molecule has 0 amide bonds. The third-order valence-corrected chi connectivity index (χ3v) is 3.03. The Balaban J connectivity index is 2.37. The number of hydrogen-bond donors (Lipinski definition) is 0. The van der Waals surface area contributed by atoms with Crippen molar-refractivity contribution in [3.63, 3.8) is 0 Å². The van der Waals surface area contributed by atoms with Crippen LogP contribution >= 0.6 is 0 Å². The van der Waals surface area contributed by atoms with E-state index in [4.69, 9.17) is 4.74 Å². The number of rotatable bonds is 5. The second-order valence-electron chi connectivity index (χ2n) is 4.41. The smallest absolute Gasteiger partial charge is 0.159 e. The topological polar surface area (TPSA) is 44.1 Å². The minimum atomic E-state index is 0.0617. The highest BCUT2D eigenvalue weighted by molar-refractivity contribution is 5.94. The van der Waals surface area contributed by atoms with Crippen molar-refractivity contribution in [2.75, 3.05) is 6.61 Å². The SMILES string of the molecule is CCOc1ccc(C(C)=O)cc1Cn1ccnc1C. The fourth-order valence-electron chi connectivity index (χ4n) is 1.97. The highest BCUT2D eigenvalue weighted by Gasteiger charge is 2.09. The molecule has 0 aliphatic rings. The van der Waals surface area contributed by atoms with Crippen molar-refractivity contribution < 1.29 is 9.53 Å². The predicted octanol–water partition coefficient (Wildman–Crippen LogP) is 2.84. The molecule has 0 radical (unpaired) electrons. The first-order chi connectivity index (χ1) is 9.11. The summed E-state index contributed by atoms with van der Waals surface area (Å²) in [4.78, 5) is 15.7. The van der Waals surface area contributed by atoms with Crippen LogP contribution < -0.4 is 4.74 Å². The number of Topliss-reactive ketones (excluding diaryl/α,β-unsaturated/α-hetero) is 1. The van der Waals surface area contributed by atoms with E-state index in [1.54, 1.807) is 19.2 Å². The Bertz CT molecular complexity index is 588. The predicted molar refractivity (Wildman–Crippen MR) is 73.7 cm³/mol. The molecule has 0 aliphatic heterocycles. The Hall–Kier alpha value is -2.10. The first-order valence-corrected chi connectivity index (χ1v) is 6.36. The molecule has 0 fully saturated rings. The van der Waals surface area contributed by atoms with Crippen molar-refractivity contribution >= 4 is 5.78 Å². The molecule has 1 aromatic heterocycles. The normalized spacial score (nSPS) is 10.5. The maximum Gasteiger partial charge on any atom is 0.159 e. The van der Waals surface area contributed by atoms with E-state index in [2.05, 4.69) is 4.98 Å². The van der Waals surface area contributed by atoms with E-state index in [1.165, 1.54) is 0 Å². The maximum absolute atomic E-state index is 11.5. The zero-order valence-corrected chi connectivity index (χ0v) is 11.5. The van der Waals surface area contributed by atoms with E-state index in [0.717, 1.165) is 17.1 Å². The Labute approximate surface area is 113 Å². The van der Waals surface area contributed by atoms with Gasteiger partial charge in [-0.15, -0.1) is 0 Å². The van der Waals surface area contributed by atoms with Crippen molar-refractivity contribution in [2.24, 2.45) is 0 Å². The monoisotopic (exact) mass is 258 g/mol. The number of hydrogen-bond acceptors (Lipinski definition) is 3. The lowest BCUT2D eigenvalue weighted by molar-refractivity contribution is 0.101. The summed E-state index contributed by atoms with van der Waals surface area (Å²) >= 11 is 0. The number of carbonyl (C=O) groups excluding carboxylic acids is 1. The van der Waals surface area contributed by atoms with Crippen molar-refractivity contribution in [1.82, 2.24) is 9.55 Å².